The van der Waals surface area contributed by atoms with Crippen LogP contribution in [0.3, 0.4) is 0 Å². The number of methoxy groups -OCH3 is 1. The van der Waals surface area contributed by atoms with Crippen molar-refractivity contribution in [1.29, 1.82) is 5.26 Å². The molecule has 1 saturated carbocycles. The fourth-order valence-electron chi connectivity index (χ4n) is 3.94. The third kappa shape index (κ3) is 4.19. The lowest BCUT2D eigenvalue weighted by molar-refractivity contribution is -0.124. The molecular formula is C25H20FN5O4. The molecule has 0 saturated heterocycles. The van der Waals surface area contributed by atoms with Gasteiger partial charge in [-0.05, 0) is 60.0 Å². The molecule has 2 N–H and O–H groups in total. The van der Waals surface area contributed by atoms with Gasteiger partial charge in [-0.25, -0.2) is 4.39 Å². The number of carbonyl (C=O) groups is 2. The molecule has 2 aromatic carbocycles. The molecule has 35 heavy (non-hydrogen) atoms. The molecule has 176 valence electrons. The SMILES string of the molecule is COc1cc(C(=O)NC2(C(=O)NCc3ccc(-n4c(C#N)cc5cc(F)ccc54)cc3)CC2)on1. The Morgan fingerprint density at radius 1 is 1.20 bits per heavy atom. The maximum absolute atomic E-state index is 13.6. The van der Waals surface area contributed by atoms with Crippen LogP contribution in [0.5, 0.6) is 5.88 Å². The average molecular weight is 473 g/mol. The number of carbonyl (C=O) groups excluding carboxylic acids is 2. The Kier molecular flexibility index (Phi) is 5.45. The first-order chi connectivity index (χ1) is 16.9. The third-order valence-electron chi connectivity index (χ3n) is 5.98. The van der Waals surface area contributed by atoms with Gasteiger partial charge in [0.05, 0.1) is 18.7 Å². The fraction of sp³-hybridized carbons (Fsp3) is 0.200. The lowest BCUT2D eigenvalue weighted by Gasteiger charge is -2.16. The monoisotopic (exact) mass is 473 g/mol. The van der Waals surface area contributed by atoms with Crippen LogP contribution in [0.1, 0.15) is 34.7 Å². The number of nitrogens with zero attached hydrogens (tertiary/aromatic N) is 3. The molecule has 2 heterocycles. The molecule has 1 fully saturated rings. The van der Waals surface area contributed by atoms with E-state index in [1.165, 1.54) is 25.3 Å². The van der Waals surface area contributed by atoms with Gasteiger partial charge in [0.1, 0.15) is 23.1 Å². The van der Waals surface area contributed by atoms with Crippen LogP contribution >= 0.6 is 0 Å². The van der Waals surface area contributed by atoms with Gasteiger partial charge in [-0.15, -0.1) is 0 Å². The maximum atomic E-state index is 13.6. The van der Waals surface area contributed by atoms with E-state index in [0.29, 0.717) is 23.9 Å². The standard InChI is InChI=1S/C25H20FN5O4/c1-34-22-12-21(35-30-22)23(32)29-25(8-9-25)24(33)28-14-15-2-5-18(6-3-15)31-19(13-27)11-16-10-17(26)4-7-20(16)31/h2-7,10-12H,8-9,14H2,1H3,(H,28,33)(H,29,32). The molecule has 0 spiro atoms. The van der Waals surface area contributed by atoms with Gasteiger partial charge in [0.15, 0.2) is 0 Å². The highest BCUT2D eigenvalue weighted by Gasteiger charge is 2.51. The predicted octanol–water partition coefficient (Wildman–Crippen LogP) is 3.22. The summed E-state index contributed by atoms with van der Waals surface area (Å²) < 4.78 is 25.2. The molecule has 2 aromatic heterocycles. The first-order valence-electron chi connectivity index (χ1n) is 10.8. The topological polar surface area (TPSA) is 122 Å². The molecule has 1 aliphatic carbocycles. The summed E-state index contributed by atoms with van der Waals surface area (Å²) in [5.41, 5.74) is 1.72. The summed E-state index contributed by atoms with van der Waals surface area (Å²) in [4.78, 5) is 25.2. The van der Waals surface area contributed by atoms with E-state index in [2.05, 4.69) is 21.9 Å². The van der Waals surface area contributed by atoms with E-state index in [-0.39, 0.29) is 29.9 Å². The Morgan fingerprint density at radius 3 is 2.63 bits per heavy atom. The Labute approximate surface area is 199 Å². The van der Waals surface area contributed by atoms with Crippen molar-refractivity contribution in [2.24, 2.45) is 0 Å². The summed E-state index contributed by atoms with van der Waals surface area (Å²) in [5, 5.41) is 19.3. The Bertz CT molecular complexity index is 1480. The highest BCUT2D eigenvalue weighted by Crippen LogP contribution is 2.36. The van der Waals surface area contributed by atoms with Crippen molar-refractivity contribution in [2.75, 3.05) is 7.11 Å². The lowest BCUT2D eigenvalue weighted by Crippen LogP contribution is -2.48. The number of hydrogen-bond donors (Lipinski definition) is 2. The zero-order valence-corrected chi connectivity index (χ0v) is 18.7. The molecule has 1 aliphatic rings. The van der Waals surface area contributed by atoms with Crippen molar-refractivity contribution in [2.45, 2.75) is 24.9 Å². The highest BCUT2D eigenvalue weighted by molar-refractivity contribution is 5.99. The second kappa shape index (κ2) is 8.61. The number of nitriles is 1. The van der Waals surface area contributed by atoms with E-state index in [9.17, 15) is 19.2 Å². The van der Waals surface area contributed by atoms with E-state index in [1.54, 1.807) is 16.7 Å². The van der Waals surface area contributed by atoms with Crippen molar-refractivity contribution < 1.29 is 23.2 Å². The molecule has 0 atom stereocenters. The molecule has 10 heteroatoms. The minimum absolute atomic E-state index is 0.0338. The molecular weight excluding hydrogens is 453 g/mol. The van der Waals surface area contributed by atoms with Crippen molar-refractivity contribution in [3.8, 4) is 17.6 Å². The molecule has 0 bridgehead atoms. The fourth-order valence-corrected chi connectivity index (χ4v) is 3.94. The molecule has 2 amide bonds. The van der Waals surface area contributed by atoms with Gasteiger partial charge in [-0.1, -0.05) is 12.1 Å². The Morgan fingerprint density at radius 2 is 1.97 bits per heavy atom. The highest BCUT2D eigenvalue weighted by atomic mass is 19.1. The Balaban J connectivity index is 1.25. The second-order valence-corrected chi connectivity index (χ2v) is 8.30. The summed E-state index contributed by atoms with van der Waals surface area (Å²) >= 11 is 0. The van der Waals surface area contributed by atoms with Crippen LogP contribution in [0.2, 0.25) is 0 Å². The van der Waals surface area contributed by atoms with Gasteiger partial charge < -0.3 is 24.5 Å². The zero-order chi connectivity index (χ0) is 24.6. The van der Waals surface area contributed by atoms with Crippen molar-refractivity contribution in [3.05, 3.63) is 77.4 Å². The number of fused-ring (bicyclic) bond motifs is 1. The smallest absolute Gasteiger partial charge is 0.290 e. The number of amides is 2. The second-order valence-electron chi connectivity index (χ2n) is 8.30. The number of rotatable bonds is 7. The molecule has 5 rings (SSSR count). The maximum Gasteiger partial charge on any atom is 0.290 e. The number of halogens is 1. The predicted molar refractivity (Wildman–Crippen MR) is 122 cm³/mol. The van der Waals surface area contributed by atoms with Gasteiger partial charge in [0.25, 0.3) is 11.8 Å². The van der Waals surface area contributed by atoms with Gasteiger partial charge in [0.2, 0.25) is 11.7 Å². The number of aromatic nitrogens is 2. The molecule has 9 nitrogen and oxygen atoms in total. The van der Waals surface area contributed by atoms with Crippen LogP contribution in [-0.4, -0.2) is 34.2 Å². The summed E-state index contributed by atoms with van der Waals surface area (Å²) in [6.45, 7) is 0.260. The zero-order valence-electron chi connectivity index (χ0n) is 18.7. The number of benzene rings is 2. The van der Waals surface area contributed by atoms with Crippen molar-refractivity contribution >= 4 is 22.7 Å². The largest absolute Gasteiger partial charge is 0.479 e. The van der Waals surface area contributed by atoms with Crippen LogP contribution in [0.25, 0.3) is 16.6 Å². The minimum atomic E-state index is -0.974. The van der Waals surface area contributed by atoms with Gasteiger partial charge in [-0.3, -0.25) is 9.59 Å². The number of ether oxygens (including phenoxy) is 1. The quantitative estimate of drug-likeness (QED) is 0.425. The van der Waals surface area contributed by atoms with Crippen molar-refractivity contribution in [1.82, 2.24) is 20.4 Å². The molecule has 4 aromatic rings. The molecule has 0 radical (unpaired) electrons. The first kappa shape index (κ1) is 22.2. The summed E-state index contributed by atoms with van der Waals surface area (Å²) in [5.74, 6) is -1.05. The van der Waals surface area contributed by atoms with Gasteiger partial charge in [0, 0.05) is 17.6 Å². The van der Waals surface area contributed by atoms with Crippen molar-refractivity contribution in [3.63, 3.8) is 0 Å². The van der Waals surface area contributed by atoms with Crippen LogP contribution in [0.15, 0.2) is 59.1 Å². The van der Waals surface area contributed by atoms with Gasteiger partial charge >= 0.3 is 0 Å². The normalized spacial score (nSPS) is 13.7. The lowest BCUT2D eigenvalue weighted by atomic mass is 10.1. The summed E-state index contributed by atoms with van der Waals surface area (Å²) in [6.07, 6.45) is 1.04. The average Bonchev–Trinajstić information content (AvgIpc) is 3.33. The Hall–Kier alpha value is -4.65. The molecule has 0 unspecified atom stereocenters. The van der Waals surface area contributed by atoms with E-state index in [4.69, 9.17) is 9.26 Å². The minimum Gasteiger partial charge on any atom is -0.479 e. The summed E-state index contributed by atoms with van der Waals surface area (Å²) in [7, 11) is 1.41. The van der Waals surface area contributed by atoms with Crippen LogP contribution in [-0.2, 0) is 11.3 Å². The van der Waals surface area contributed by atoms with E-state index in [1.807, 2.05) is 24.3 Å². The van der Waals surface area contributed by atoms with Crippen LogP contribution < -0.4 is 15.4 Å². The molecule has 0 aliphatic heterocycles. The number of nitrogens with one attached hydrogen (secondary N) is 2. The summed E-state index contributed by atoms with van der Waals surface area (Å²) in [6, 6.07) is 16.9. The van der Waals surface area contributed by atoms with Crippen LogP contribution in [0, 0.1) is 17.1 Å². The van der Waals surface area contributed by atoms with E-state index in [0.717, 1.165) is 16.8 Å². The first-order valence-corrected chi connectivity index (χ1v) is 10.8. The number of hydrogen-bond acceptors (Lipinski definition) is 6. The third-order valence-corrected chi connectivity index (χ3v) is 5.98. The van der Waals surface area contributed by atoms with E-state index >= 15 is 0 Å². The van der Waals surface area contributed by atoms with Gasteiger partial charge in [-0.2, -0.15) is 5.26 Å². The van der Waals surface area contributed by atoms with Crippen LogP contribution in [0.4, 0.5) is 4.39 Å². The van der Waals surface area contributed by atoms with E-state index < -0.39 is 11.4 Å².